The summed E-state index contributed by atoms with van der Waals surface area (Å²) in [7, 11) is 0. The smallest absolute Gasteiger partial charge is 0.141 e. The van der Waals surface area contributed by atoms with Crippen LogP contribution in [-0.2, 0) is 10.4 Å². The van der Waals surface area contributed by atoms with Crippen molar-refractivity contribution in [2.24, 2.45) is 5.90 Å². The van der Waals surface area contributed by atoms with Crippen molar-refractivity contribution in [3.05, 3.63) is 18.2 Å². The molecule has 4 nitrogen and oxygen atoms in total. The monoisotopic (exact) mass is 141 g/mol. The summed E-state index contributed by atoms with van der Waals surface area (Å²) in [6.07, 6.45) is 3.40. The average Bonchev–Trinajstić information content (AvgIpc) is 2.38. The third kappa shape index (κ3) is 1.17. The number of hydrogen-bond acceptors (Lipinski definition) is 3. The van der Waals surface area contributed by atoms with Crippen molar-refractivity contribution in [1.29, 1.82) is 0 Å². The average molecular weight is 141 g/mol. The highest BCUT2D eigenvalue weighted by molar-refractivity contribution is 4.97. The Kier molecular flexibility index (Phi) is 1.74. The molecule has 0 saturated heterocycles. The molecule has 1 aromatic heterocycles. The highest BCUT2D eigenvalue weighted by Gasteiger charge is 2.22. The van der Waals surface area contributed by atoms with E-state index >= 15 is 0 Å². The summed E-state index contributed by atoms with van der Waals surface area (Å²) in [5.74, 6) is 5.77. The molecule has 0 fully saturated rings. The third-order valence-corrected chi connectivity index (χ3v) is 1.36. The summed E-state index contributed by atoms with van der Waals surface area (Å²) in [5, 5.41) is 0. The van der Waals surface area contributed by atoms with Crippen LogP contribution in [0.3, 0.4) is 0 Å². The van der Waals surface area contributed by atoms with Crippen LogP contribution in [0.2, 0.25) is 0 Å². The van der Waals surface area contributed by atoms with E-state index < -0.39 is 5.60 Å². The number of nitrogens with zero attached hydrogens (tertiary/aromatic N) is 1. The van der Waals surface area contributed by atoms with E-state index in [0.717, 1.165) is 5.82 Å². The van der Waals surface area contributed by atoms with Gasteiger partial charge in [-0.3, -0.25) is 4.84 Å². The molecule has 0 aliphatic rings. The van der Waals surface area contributed by atoms with Gasteiger partial charge in [0.15, 0.2) is 0 Å². The summed E-state index contributed by atoms with van der Waals surface area (Å²) >= 11 is 0. The van der Waals surface area contributed by atoms with Crippen LogP contribution in [0.5, 0.6) is 0 Å². The van der Waals surface area contributed by atoms with Crippen molar-refractivity contribution in [3.8, 4) is 0 Å². The van der Waals surface area contributed by atoms with Gasteiger partial charge in [-0.2, -0.15) is 0 Å². The van der Waals surface area contributed by atoms with Gasteiger partial charge in [0.25, 0.3) is 0 Å². The van der Waals surface area contributed by atoms with Gasteiger partial charge < -0.3 is 4.98 Å². The molecule has 0 spiro atoms. The van der Waals surface area contributed by atoms with E-state index in [1.807, 2.05) is 13.8 Å². The van der Waals surface area contributed by atoms with Crippen LogP contribution < -0.4 is 5.90 Å². The maximum Gasteiger partial charge on any atom is 0.141 e. The Morgan fingerprint density at radius 1 is 1.70 bits per heavy atom. The summed E-state index contributed by atoms with van der Waals surface area (Å²) in [6.45, 7) is 3.68. The van der Waals surface area contributed by atoms with Crippen molar-refractivity contribution < 1.29 is 4.84 Å². The van der Waals surface area contributed by atoms with E-state index in [0.29, 0.717) is 0 Å². The number of aromatic amines is 1. The van der Waals surface area contributed by atoms with Gasteiger partial charge >= 0.3 is 0 Å². The normalized spacial score (nSPS) is 11.9. The molecular weight excluding hydrogens is 130 g/mol. The van der Waals surface area contributed by atoms with Crippen molar-refractivity contribution in [3.63, 3.8) is 0 Å². The molecule has 0 aromatic carbocycles. The maximum atomic E-state index is 5.04. The van der Waals surface area contributed by atoms with Crippen LogP contribution in [-0.4, -0.2) is 9.97 Å². The Morgan fingerprint density at radius 3 is 2.80 bits per heavy atom. The third-order valence-electron chi connectivity index (χ3n) is 1.36. The topological polar surface area (TPSA) is 63.9 Å². The van der Waals surface area contributed by atoms with E-state index in [4.69, 9.17) is 5.90 Å². The molecule has 0 unspecified atom stereocenters. The van der Waals surface area contributed by atoms with Crippen LogP contribution in [0, 0.1) is 0 Å². The van der Waals surface area contributed by atoms with Crippen LogP contribution in [0.25, 0.3) is 0 Å². The van der Waals surface area contributed by atoms with Crippen molar-refractivity contribution in [1.82, 2.24) is 9.97 Å². The number of hydrogen-bond donors (Lipinski definition) is 2. The second kappa shape index (κ2) is 2.40. The largest absolute Gasteiger partial charge is 0.346 e. The van der Waals surface area contributed by atoms with Gasteiger partial charge in [0.05, 0.1) is 0 Å². The second-order valence-corrected chi connectivity index (χ2v) is 2.57. The Labute approximate surface area is 59.4 Å². The zero-order valence-electron chi connectivity index (χ0n) is 6.09. The summed E-state index contributed by atoms with van der Waals surface area (Å²) in [4.78, 5) is 11.6. The zero-order chi connectivity index (χ0) is 7.61. The Bertz CT molecular complexity index is 193. The number of nitrogens with one attached hydrogen (secondary N) is 1. The highest BCUT2D eigenvalue weighted by Crippen LogP contribution is 2.17. The fourth-order valence-corrected chi connectivity index (χ4v) is 0.650. The van der Waals surface area contributed by atoms with Gasteiger partial charge in [0, 0.05) is 12.4 Å². The van der Waals surface area contributed by atoms with Gasteiger partial charge in [0.2, 0.25) is 0 Å². The predicted molar refractivity (Wildman–Crippen MR) is 36.9 cm³/mol. The zero-order valence-corrected chi connectivity index (χ0v) is 6.09. The van der Waals surface area contributed by atoms with E-state index in [1.54, 1.807) is 12.4 Å². The maximum absolute atomic E-state index is 5.04. The number of H-pyrrole nitrogens is 1. The first-order valence-electron chi connectivity index (χ1n) is 3.04. The number of nitrogens with two attached hydrogens (primary N) is 1. The van der Waals surface area contributed by atoms with Crippen LogP contribution in [0.15, 0.2) is 12.4 Å². The second-order valence-electron chi connectivity index (χ2n) is 2.57. The number of rotatable bonds is 2. The van der Waals surface area contributed by atoms with Crippen molar-refractivity contribution in [2.45, 2.75) is 19.4 Å². The molecule has 4 heteroatoms. The molecule has 0 amide bonds. The van der Waals surface area contributed by atoms with Gasteiger partial charge in [-0.15, -0.1) is 0 Å². The molecule has 3 N–H and O–H groups in total. The number of imidazole rings is 1. The molecule has 10 heavy (non-hydrogen) atoms. The lowest BCUT2D eigenvalue weighted by Gasteiger charge is -2.18. The standard InChI is InChI=1S/C6H11N3O/c1-6(2,10-7)5-8-3-4-9-5/h3-4H,7H2,1-2H3,(H,8,9). The van der Waals surface area contributed by atoms with Crippen molar-refractivity contribution in [2.75, 3.05) is 0 Å². The van der Waals surface area contributed by atoms with Gasteiger partial charge in [-0.25, -0.2) is 10.9 Å². The molecule has 1 rings (SSSR count). The molecule has 0 radical (unpaired) electrons. The minimum absolute atomic E-state index is 0.524. The van der Waals surface area contributed by atoms with Gasteiger partial charge in [0.1, 0.15) is 11.4 Å². The minimum atomic E-state index is -0.524. The molecule has 0 saturated carbocycles. The Balaban J connectivity index is 2.85. The molecule has 0 aliphatic heterocycles. The summed E-state index contributed by atoms with van der Waals surface area (Å²) in [5.41, 5.74) is -0.524. The van der Waals surface area contributed by atoms with Crippen LogP contribution >= 0.6 is 0 Å². The van der Waals surface area contributed by atoms with E-state index in [1.165, 1.54) is 0 Å². The minimum Gasteiger partial charge on any atom is -0.346 e. The lowest BCUT2D eigenvalue weighted by atomic mass is 10.1. The fourth-order valence-electron chi connectivity index (χ4n) is 0.650. The van der Waals surface area contributed by atoms with Crippen LogP contribution in [0.4, 0.5) is 0 Å². The van der Waals surface area contributed by atoms with E-state index in [2.05, 4.69) is 14.8 Å². The lowest BCUT2D eigenvalue weighted by Crippen LogP contribution is -2.26. The first kappa shape index (κ1) is 7.24. The Hall–Kier alpha value is -0.870. The quantitative estimate of drug-likeness (QED) is 0.590. The summed E-state index contributed by atoms with van der Waals surface area (Å²) < 4.78 is 0. The van der Waals surface area contributed by atoms with Gasteiger partial charge in [-0.1, -0.05) is 0 Å². The molecule has 0 bridgehead atoms. The van der Waals surface area contributed by atoms with Crippen molar-refractivity contribution >= 4 is 0 Å². The molecular formula is C6H11N3O. The predicted octanol–water partition coefficient (Wildman–Crippen LogP) is 0.535. The molecule has 0 aliphatic carbocycles. The molecule has 56 valence electrons. The first-order valence-corrected chi connectivity index (χ1v) is 3.04. The lowest BCUT2D eigenvalue weighted by molar-refractivity contribution is -0.0296. The van der Waals surface area contributed by atoms with E-state index in [9.17, 15) is 0 Å². The Morgan fingerprint density at radius 2 is 2.40 bits per heavy atom. The van der Waals surface area contributed by atoms with Gasteiger partial charge in [-0.05, 0) is 13.8 Å². The SMILES string of the molecule is CC(C)(ON)c1ncc[nH]1. The number of aromatic nitrogens is 2. The van der Waals surface area contributed by atoms with Crippen LogP contribution in [0.1, 0.15) is 19.7 Å². The highest BCUT2D eigenvalue weighted by atomic mass is 16.6. The molecule has 0 atom stereocenters. The molecule has 1 aromatic rings. The van der Waals surface area contributed by atoms with E-state index in [-0.39, 0.29) is 0 Å². The summed E-state index contributed by atoms with van der Waals surface area (Å²) in [6, 6.07) is 0. The first-order chi connectivity index (χ1) is 4.67. The molecule has 1 heterocycles. The fraction of sp³-hybridized carbons (Fsp3) is 0.500.